The van der Waals surface area contributed by atoms with E-state index in [0.717, 1.165) is 12.0 Å². The molecule has 3 atom stereocenters. The van der Waals surface area contributed by atoms with Gasteiger partial charge in [0.1, 0.15) is 0 Å². The third-order valence-electron chi connectivity index (χ3n) is 4.06. The van der Waals surface area contributed by atoms with Crippen LogP contribution in [-0.2, 0) is 9.53 Å². The van der Waals surface area contributed by atoms with Crippen molar-refractivity contribution in [2.75, 3.05) is 20.3 Å². The lowest BCUT2D eigenvalue weighted by atomic mass is 9.98. The van der Waals surface area contributed by atoms with Crippen molar-refractivity contribution in [2.24, 2.45) is 5.92 Å². The fourth-order valence-corrected chi connectivity index (χ4v) is 3.21. The molecular formula is C16H21Cl2NO3. The zero-order valence-electron chi connectivity index (χ0n) is 12.7. The first kappa shape index (κ1) is 17.5. The Morgan fingerprint density at radius 3 is 2.86 bits per heavy atom. The Kier molecular flexibility index (Phi) is 5.72. The van der Waals surface area contributed by atoms with Gasteiger partial charge in [-0.15, -0.1) is 0 Å². The van der Waals surface area contributed by atoms with Crippen molar-refractivity contribution in [1.82, 2.24) is 5.32 Å². The number of hydrogen-bond acceptors (Lipinski definition) is 3. The first-order chi connectivity index (χ1) is 10.4. The second kappa shape index (κ2) is 7.18. The summed E-state index contributed by atoms with van der Waals surface area (Å²) >= 11 is 12.2. The summed E-state index contributed by atoms with van der Waals surface area (Å²) in [7, 11) is 1.58. The van der Waals surface area contributed by atoms with E-state index in [1.807, 2.05) is 19.1 Å². The highest BCUT2D eigenvalue weighted by Gasteiger charge is 2.46. The minimum atomic E-state index is -0.564. The molecule has 1 aromatic carbocycles. The van der Waals surface area contributed by atoms with Crippen LogP contribution in [0.4, 0.5) is 0 Å². The molecule has 4 nitrogen and oxygen atoms in total. The molecule has 1 saturated carbocycles. The van der Waals surface area contributed by atoms with Gasteiger partial charge in [0.25, 0.3) is 0 Å². The van der Waals surface area contributed by atoms with Gasteiger partial charge in [0.2, 0.25) is 5.91 Å². The summed E-state index contributed by atoms with van der Waals surface area (Å²) < 4.78 is 5.14. The zero-order valence-corrected chi connectivity index (χ0v) is 14.2. The minimum Gasteiger partial charge on any atom is -0.396 e. The summed E-state index contributed by atoms with van der Waals surface area (Å²) in [6.07, 6.45) is 1.20. The molecule has 0 spiro atoms. The van der Waals surface area contributed by atoms with E-state index >= 15 is 0 Å². The number of carbonyl (C=O) groups is 1. The van der Waals surface area contributed by atoms with Gasteiger partial charge in [-0.25, -0.2) is 0 Å². The van der Waals surface area contributed by atoms with Gasteiger partial charge >= 0.3 is 0 Å². The Balaban J connectivity index is 2.02. The smallest absolute Gasteiger partial charge is 0.224 e. The van der Waals surface area contributed by atoms with Crippen LogP contribution in [0.2, 0.25) is 10.0 Å². The third-order valence-corrected chi connectivity index (χ3v) is 4.89. The molecule has 1 aromatic rings. The highest BCUT2D eigenvalue weighted by Crippen LogP contribution is 2.50. The van der Waals surface area contributed by atoms with Crippen LogP contribution >= 0.6 is 23.2 Å². The van der Waals surface area contributed by atoms with E-state index in [4.69, 9.17) is 33.0 Å². The first-order valence-corrected chi connectivity index (χ1v) is 8.03. The maximum absolute atomic E-state index is 12.4. The van der Waals surface area contributed by atoms with Crippen LogP contribution in [0, 0.1) is 5.92 Å². The predicted octanol–water partition coefficient (Wildman–Crippen LogP) is 3.00. The lowest BCUT2D eigenvalue weighted by Gasteiger charge is -2.29. The molecule has 0 saturated heterocycles. The van der Waals surface area contributed by atoms with Crippen LogP contribution in [-0.4, -0.2) is 36.9 Å². The van der Waals surface area contributed by atoms with E-state index in [1.54, 1.807) is 13.2 Å². The summed E-state index contributed by atoms with van der Waals surface area (Å²) in [5, 5.41) is 13.2. The molecule has 3 unspecified atom stereocenters. The van der Waals surface area contributed by atoms with E-state index in [0.29, 0.717) is 23.1 Å². The standard InChI is InChI=1S/C16H21Cl2NO3/c1-16(6-7-20,9-22-2)19-15(21)12-8-11(12)10-4-3-5-13(17)14(10)18/h3-5,11-12,20H,6-9H2,1-2H3,(H,19,21). The largest absolute Gasteiger partial charge is 0.396 e. The second-order valence-corrected chi connectivity index (χ2v) is 6.83. The van der Waals surface area contributed by atoms with Crippen LogP contribution < -0.4 is 5.32 Å². The molecule has 0 radical (unpaired) electrons. The monoisotopic (exact) mass is 345 g/mol. The van der Waals surface area contributed by atoms with E-state index in [2.05, 4.69) is 5.32 Å². The van der Waals surface area contributed by atoms with Crippen LogP contribution in [0.25, 0.3) is 0 Å². The quantitative estimate of drug-likeness (QED) is 0.798. The van der Waals surface area contributed by atoms with Gasteiger partial charge in [-0.1, -0.05) is 35.3 Å². The summed E-state index contributed by atoms with van der Waals surface area (Å²) in [6, 6.07) is 5.49. The van der Waals surface area contributed by atoms with Crippen molar-refractivity contribution < 1.29 is 14.6 Å². The van der Waals surface area contributed by atoms with Crippen LogP contribution in [0.5, 0.6) is 0 Å². The summed E-state index contributed by atoms with van der Waals surface area (Å²) in [5.41, 5.74) is 0.358. The normalized spacial score (nSPS) is 23.0. The zero-order chi connectivity index (χ0) is 16.3. The van der Waals surface area contributed by atoms with E-state index in [-0.39, 0.29) is 24.3 Å². The van der Waals surface area contributed by atoms with Gasteiger partial charge in [0.15, 0.2) is 0 Å². The molecule has 2 N–H and O–H groups in total. The molecular weight excluding hydrogens is 325 g/mol. The molecule has 1 fully saturated rings. The van der Waals surface area contributed by atoms with E-state index < -0.39 is 5.54 Å². The number of carbonyl (C=O) groups excluding carboxylic acids is 1. The van der Waals surface area contributed by atoms with E-state index in [1.165, 1.54) is 0 Å². The van der Waals surface area contributed by atoms with Gasteiger partial charge < -0.3 is 15.2 Å². The molecule has 122 valence electrons. The molecule has 1 aliphatic rings. The Hall–Kier alpha value is -0.810. The maximum Gasteiger partial charge on any atom is 0.224 e. The number of methoxy groups -OCH3 is 1. The molecule has 1 aliphatic carbocycles. The number of nitrogens with one attached hydrogen (secondary N) is 1. The van der Waals surface area contributed by atoms with Gasteiger partial charge in [0.05, 0.1) is 22.2 Å². The van der Waals surface area contributed by atoms with Gasteiger partial charge in [-0.2, -0.15) is 0 Å². The Morgan fingerprint density at radius 2 is 2.23 bits per heavy atom. The number of rotatable bonds is 7. The van der Waals surface area contributed by atoms with Crippen LogP contribution in [0.3, 0.4) is 0 Å². The number of hydrogen-bond donors (Lipinski definition) is 2. The van der Waals surface area contributed by atoms with Gasteiger partial charge in [0, 0.05) is 19.6 Å². The average molecular weight is 346 g/mol. The molecule has 2 rings (SSSR count). The number of aliphatic hydroxyl groups excluding tert-OH is 1. The van der Waals surface area contributed by atoms with Crippen molar-refractivity contribution in [3.8, 4) is 0 Å². The molecule has 22 heavy (non-hydrogen) atoms. The van der Waals surface area contributed by atoms with Crippen molar-refractivity contribution in [2.45, 2.75) is 31.2 Å². The van der Waals surface area contributed by atoms with Crippen LogP contribution in [0.1, 0.15) is 31.2 Å². The number of aliphatic hydroxyl groups is 1. The fourth-order valence-electron chi connectivity index (χ4n) is 2.76. The summed E-state index contributed by atoms with van der Waals surface area (Å²) in [6.45, 7) is 2.22. The molecule has 1 amide bonds. The Labute approximate surface area is 140 Å². The van der Waals surface area contributed by atoms with Crippen molar-refractivity contribution >= 4 is 29.1 Å². The molecule has 0 bridgehead atoms. The average Bonchev–Trinajstić information content (AvgIpc) is 3.22. The molecule has 0 aromatic heterocycles. The predicted molar refractivity (Wildman–Crippen MR) is 87.4 cm³/mol. The van der Waals surface area contributed by atoms with Crippen molar-refractivity contribution in [3.05, 3.63) is 33.8 Å². The first-order valence-electron chi connectivity index (χ1n) is 7.27. The maximum atomic E-state index is 12.4. The number of ether oxygens (including phenoxy) is 1. The Morgan fingerprint density at radius 1 is 1.50 bits per heavy atom. The van der Waals surface area contributed by atoms with E-state index in [9.17, 15) is 4.79 Å². The topological polar surface area (TPSA) is 58.6 Å². The lowest BCUT2D eigenvalue weighted by molar-refractivity contribution is -0.125. The van der Waals surface area contributed by atoms with Gasteiger partial charge in [-0.05, 0) is 37.3 Å². The van der Waals surface area contributed by atoms with Gasteiger partial charge in [-0.3, -0.25) is 4.79 Å². The molecule has 6 heteroatoms. The second-order valence-electron chi connectivity index (χ2n) is 6.05. The van der Waals surface area contributed by atoms with Crippen molar-refractivity contribution in [3.63, 3.8) is 0 Å². The highest BCUT2D eigenvalue weighted by atomic mass is 35.5. The summed E-state index contributed by atoms with van der Waals surface area (Å²) in [4.78, 5) is 12.4. The Bertz CT molecular complexity index is 544. The molecule has 0 aliphatic heterocycles. The number of amides is 1. The lowest BCUT2D eigenvalue weighted by Crippen LogP contribution is -2.50. The minimum absolute atomic E-state index is 0.00560. The SMILES string of the molecule is COCC(C)(CCO)NC(=O)C1CC1c1cccc(Cl)c1Cl. The number of halogens is 2. The molecule has 0 heterocycles. The van der Waals surface area contributed by atoms with Crippen molar-refractivity contribution in [1.29, 1.82) is 0 Å². The summed E-state index contributed by atoms with van der Waals surface area (Å²) in [5.74, 6) is -0.0352. The highest BCUT2D eigenvalue weighted by molar-refractivity contribution is 6.42. The number of benzene rings is 1. The van der Waals surface area contributed by atoms with Crippen LogP contribution in [0.15, 0.2) is 18.2 Å². The third kappa shape index (κ3) is 3.93. The fraction of sp³-hybridized carbons (Fsp3) is 0.562.